The molecule has 4 heterocycles. The monoisotopic (exact) mass is 598 g/mol. The van der Waals surface area contributed by atoms with Crippen molar-refractivity contribution in [1.29, 1.82) is 0 Å². The number of imidazole rings is 1. The molecule has 2 aromatic heterocycles. The number of rotatable bonds is 8. The van der Waals surface area contributed by atoms with E-state index < -0.39 is 29.9 Å². The molecule has 1 N–H and O–H groups in total. The third-order valence-corrected chi connectivity index (χ3v) is 12.2. The number of aliphatic hydroxyl groups is 1. The van der Waals surface area contributed by atoms with Crippen molar-refractivity contribution in [3.8, 4) is 0 Å². The molecular formula is C28H31N4O5PS2. The van der Waals surface area contributed by atoms with Crippen molar-refractivity contribution >= 4 is 40.0 Å². The minimum absolute atomic E-state index is 0.00432. The second-order valence-corrected chi connectivity index (χ2v) is 16.7. The Labute approximate surface area is 242 Å². The lowest BCUT2D eigenvalue weighted by molar-refractivity contribution is -0.216. The first kappa shape index (κ1) is 27.9. The molecule has 0 saturated carbocycles. The van der Waals surface area contributed by atoms with Crippen LogP contribution in [0.15, 0.2) is 73.3 Å². The van der Waals surface area contributed by atoms with Gasteiger partial charge in [0.15, 0.2) is 11.4 Å². The first-order chi connectivity index (χ1) is 19.2. The molecule has 1 unspecified atom stereocenters. The summed E-state index contributed by atoms with van der Waals surface area (Å²) in [5.41, 5.74) is 1.63. The van der Waals surface area contributed by atoms with Crippen LogP contribution < -0.4 is 0 Å². The zero-order chi connectivity index (χ0) is 27.9. The van der Waals surface area contributed by atoms with E-state index in [1.54, 1.807) is 31.6 Å². The van der Waals surface area contributed by atoms with Gasteiger partial charge in [-0.05, 0) is 43.7 Å². The summed E-state index contributed by atoms with van der Waals surface area (Å²) >= 11 is 7.61. The van der Waals surface area contributed by atoms with Gasteiger partial charge in [-0.3, -0.25) is 4.57 Å². The van der Waals surface area contributed by atoms with Gasteiger partial charge in [-0.15, -0.1) is 0 Å². The van der Waals surface area contributed by atoms with Crippen molar-refractivity contribution in [2.24, 2.45) is 0 Å². The molecule has 6 rings (SSSR count). The summed E-state index contributed by atoms with van der Waals surface area (Å²) < 4.78 is 27.3. The summed E-state index contributed by atoms with van der Waals surface area (Å²) in [5, 5.41) is 10.5. The molecule has 2 aliphatic rings. The third-order valence-electron chi connectivity index (χ3n) is 6.89. The molecular weight excluding hydrogens is 567 g/mol. The van der Waals surface area contributed by atoms with Crippen molar-refractivity contribution in [3.05, 3.63) is 90.1 Å². The number of aromatic nitrogens is 4. The molecule has 12 heteroatoms. The minimum Gasteiger partial charge on any atom is -0.366 e. The molecule has 2 aliphatic heterocycles. The normalized spacial score (nSPS) is 28.9. The average molecular weight is 599 g/mol. The Morgan fingerprint density at radius 2 is 1.77 bits per heavy atom. The second-order valence-electron chi connectivity index (χ2n) is 10.4. The molecule has 0 bridgehead atoms. The molecule has 0 amide bonds. The summed E-state index contributed by atoms with van der Waals surface area (Å²) in [7, 11) is 0. The first-order valence-corrected chi connectivity index (χ1v) is 17.2. The summed E-state index contributed by atoms with van der Waals surface area (Å²) in [6.45, 7) is 5.26. The van der Waals surface area contributed by atoms with Gasteiger partial charge in [-0.2, -0.15) is 0 Å². The Kier molecular flexibility index (Phi) is 7.84. The maximum absolute atomic E-state index is 10.5. The van der Waals surface area contributed by atoms with Gasteiger partial charge in [0.2, 0.25) is 5.69 Å². The zero-order valence-corrected chi connectivity index (χ0v) is 24.9. The lowest BCUT2D eigenvalue weighted by atomic mass is 10.0. The van der Waals surface area contributed by atoms with E-state index in [0.29, 0.717) is 12.1 Å². The predicted molar refractivity (Wildman–Crippen MR) is 157 cm³/mol. The van der Waals surface area contributed by atoms with Gasteiger partial charge in [-0.25, -0.2) is 15.0 Å². The van der Waals surface area contributed by atoms with E-state index in [2.05, 4.69) is 39.2 Å². The van der Waals surface area contributed by atoms with Gasteiger partial charge in [0.05, 0.1) is 30.0 Å². The summed E-state index contributed by atoms with van der Waals surface area (Å²) in [5.74, 6) is -1.35. The van der Waals surface area contributed by atoms with Crippen LogP contribution >= 0.6 is 17.1 Å². The van der Waals surface area contributed by atoms with Gasteiger partial charge in [0.1, 0.15) is 30.3 Å². The lowest BCUT2D eigenvalue weighted by Crippen LogP contribution is -2.36. The quantitative estimate of drug-likeness (QED) is 0.191. The molecule has 2 aromatic carbocycles. The Morgan fingerprint density at radius 3 is 2.48 bits per heavy atom. The standard InChI is InChI=1S/C28H31N4O5PS2/c1-18-24-27(30-16-29-18)32(17-31-24)23-14-21(36-28(2,3)33)22(35-23)15-34-38(39)37-25(19-10-6-4-7-11-19)26(40-38)20-12-8-5-9-13-20/h4-13,16-17,21-23,25-26,33H,14-15H2,1-3H3/t21-,22+,23+,25+,26-,38?/m0/s1. The van der Waals surface area contributed by atoms with Crippen molar-refractivity contribution in [2.45, 2.75) is 62.8 Å². The van der Waals surface area contributed by atoms with E-state index >= 15 is 0 Å². The van der Waals surface area contributed by atoms with E-state index in [0.717, 1.165) is 22.3 Å². The molecule has 2 fully saturated rings. The number of fused-ring (bicyclic) bond motifs is 1. The highest BCUT2D eigenvalue weighted by molar-refractivity contribution is 8.68. The van der Waals surface area contributed by atoms with E-state index in [4.69, 9.17) is 30.3 Å². The predicted octanol–water partition coefficient (Wildman–Crippen LogP) is 6.02. The zero-order valence-electron chi connectivity index (χ0n) is 22.4. The fourth-order valence-corrected chi connectivity index (χ4v) is 10.7. The highest BCUT2D eigenvalue weighted by Crippen LogP contribution is 2.77. The van der Waals surface area contributed by atoms with Crippen LogP contribution in [-0.4, -0.2) is 49.2 Å². The van der Waals surface area contributed by atoms with Crippen molar-refractivity contribution in [2.75, 3.05) is 6.61 Å². The molecule has 9 nitrogen and oxygen atoms in total. The number of benzene rings is 2. The Morgan fingerprint density at radius 1 is 1.07 bits per heavy atom. The van der Waals surface area contributed by atoms with Crippen LogP contribution in [0.4, 0.5) is 0 Å². The molecule has 0 radical (unpaired) electrons. The number of hydrogen-bond donors (Lipinski definition) is 1. The SMILES string of the molecule is Cc1ncnc2c1ncn2[C@H]1C[C@H](OC(C)(C)O)[C@@H](COP2(=S)O[C@H](c3ccccc3)[C@H](c3ccccc3)S2)O1. The number of nitrogens with zero attached hydrogens (tertiary/aromatic N) is 4. The highest BCUT2D eigenvalue weighted by atomic mass is 32.9. The van der Waals surface area contributed by atoms with E-state index in [-0.39, 0.29) is 18.0 Å². The molecule has 6 atom stereocenters. The minimum atomic E-state index is -2.76. The van der Waals surface area contributed by atoms with Crippen LogP contribution in [0.25, 0.3) is 11.2 Å². The van der Waals surface area contributed by atoms with E-state index in [9.17, 15) is 5.11 Å². The molecule has 0 spiro atoms. The fraction of sp³-hybridized carbons (Fsp3) is 0.393. The van der Waals surface area contributed by atoms with Gasteiger partial charge < -0.3 is 23.6 Å². The van der Waals surface area contributed by atoms with E-state index in [1.807, 2.05) is 47.9 Å². The van der Waals surface area contributed by atoms with Crippen LogP contribution in [0.3, 0.4) is 0 Å². The Balaban J connectivity index is 1.23. The van der Waals surface area contributed by atoms with Gasteiger partial charge in [-0.1, -0.05) is 72.0 Å². The van der Waals surface area contributed by atoms with Crippen molar-refractivity contribution in [3.63, 3.8) is 0 Å². The highest BCUT2D eigenvalue weighted by Gasteiger charge is 2.46. The fourth-order valence-electron chi connectivity index (χ4n) is 5.09. The molecule has 4 aromatic rings. The van der Waals surface area contributed by atoms with Gasteiger partial charge in [0.25, 0.3) is 0 Å². The largest absolute Gasteiger partial charge is 0.366 e. The van der Waals surface area contributed by atoms with Crippen LogP contribution in [-0.2, 0) is 30.3 Å². The Bertz CT molecular complexity index is 1470. The Hall–Kier alpha value is -2.21. The topological polar surface area (TPSA) is 101 Å². The van der Waals surface area contributed by atoms with Gasteiger partial charge >= 0.3 is 0 Å². The van der Waals surface area contributed by atoms with Crippen molar-refractivity contribution in [1.82, 2.24) is 19.5 Å². The summed E-state index contributed by atoms with van der Waals surface area (Å²) in [6, 6.07) is 20.4. The molecule has 210 valence electrons. The third kappa shape index (κ3) is 5.89. The molecule has 2 saturated heterocycles. The van der Waals surface area contributed by atoms with E-state index in [1.165, 1.54) is 6.33 Å². The first-order valence-electron chi connectivity index (χ1n) is 13.1. The number of hydrogen-bond acceptors (Lipinski definition) is 10. The maximum atomic E-state index is 10.5. The summed E-state index contributed by atoms with van der Waals surface area (Å²) in [4.78, 5) is 13.1. The number of aryl methyl sites for hydroxylation is 1. The molecule has 0 aliphatic carbocycles. The summed E-state index contributed by atoms with van der Waals surface area (Å²) in [6.07, 6.45) is 2.10. The van der Waals surface area contributed by atoms with Crippen LogP contribution in [0.2, 0.25) is 0 Å². The second kappa shape index (κ2) is 11.2. The van der Waals surface area contributed by atoms with Crippen molar-refractivity contribution < 1.29 is 23.6 Å². The van der Waals surface area contributed by atoms with Gasteiger partial charge in [0, 0.05) is 6.42 Å². The lowest BCUT2D eigenvalue weighted by Gasteiger charge is -2.27. The van der Waals surface area contributed by atoms with Crippen LogP contribution in [0, 0.1) is 6.92 Å². The average Bonchev–Trinajstić information content (AvgIpc) is 3.64. The van der Waals surface area contributed by atoms with Crippen LogP contribution in [0.1, 0.15) is 54.7 Å². The maximum Gasteiger partial charge on any atom is 0.248 e. The molecule has 40 heavy (non-hydrogen) atoms. The smallest absolute Gasteiger partial charge is 0.248 e. The van der Waals surface area contributed by atoms with Crippen LogP contribution in [0.5, 0.6) is 0 Å². The number of ether oxygens (including phenoxy) is 2.